The highest BCUT2D eigenvalue weighted by molar-refractivity contribution is 6.01. The van der Waals surface area contributed by atoms with E-state index in [1.807, 2.05) is 42.3 Å². The zero-order chi connectivity index (χ0) is 19.0. The third kappa shape index (κ3) is 4.77. The fraction of sp³-hybridized carbons (Fsp3) is 0.333. The molecule has 4 N–H and O–H groups in total. The number of carbonyl (C=O) groups excluding carboxylic acids is 2. The number of hydrogen-bond acceptors (Lipinski definition) is 4. The van der Waals surface area contributed by atoms with Crippen LogP contribution < -0.4 is 21.3 Å². The lowest BCUT2D eigenvalue weighted by Gasteiger charge is -2.27. The predicted molar refractivity (Wildman–Crippen MR) is 121 cm³/mol. The largest absolute Gasteiger partial charge is 0.399 e. The van der Waals surface area contributed by atoms with Crippen molar-refractivity contribution in [2.24, 2.45) is 0 Å². The van der Waals surface area contributed by atoms with E-state index in [2.05, 4.69) is 10.6 Å². The number of aryl methyl sites for hydroxylation is 1. The van der Waals surface area contributed by atoms with Gasteiger partial charge in [-0.25, -0.2) is 0 Å². The van der Waals surface area contributed by atoms with Crippen molar-refractivity contribution >= 4 is 53.7 Å². The number of nitrogen functional groups attached to an aromatic ring is 1. The van der Waals surface area contributed by atoms with Gasteiger partial charge in [-0.3, -0.25) is 9.59 Å². The number of halogens is 2. The van der Waals surface area contributed by atoms with Gasteiger partial charge in [0.25, 0.3) is 5.91 Å². The summed E-state index contributed by atoms with van der Waals surface area (Å²) in [7, 11) is 1.95. The van der Waals surface area contributed by atoms with E-state index in [0.717, 1.165) is 36.2 Å². The molecule has 0 spiro atoms. The van der Waals surface area contributed by atoms with Gasteiger partial charge in [-0.15, -0.1) is 24.8 Å². The average Bonchev–Trinajstić information content (AvgIpc) is 2.79. The molecule has 0 bridgehead atoms. The van der Waals surface area contributed by atoms with Gasteiger partial charge in [0, 0.05) is 31.3 Å². The summed E-state index contributed by atoms with van der Waals surface area (Å²) in [5.41, 5.74) is 11.2. The maximum Gasteiger partial charge on any atom is 0.251 e. The van der Waals surface area contributed by atoms with Crippen LogP contribution in [0.3, 0.4) is 0 Å². The van der Waals surface area contributed by atoms with Crippen molar-refractivity contribution in [1.82, 2.24) is 5.32 Å². The number of benzene rings is 2. The molecule has 0 aromatic heterocycles. The molecule has 8 heteroatoms. The van der Waals surface area contributed by atoms with Crippen LogP contribution in [0.1, 0.15) is 46.8 Å². The summed E-state index contributed by atoms with van der Waals surface area (Å²) >= 11 is 0. The van der Waals surface area contributed by atoms with Gasteiger partial charge in [0.05, 0.1) is 17.4 Å². The molecule has 4 rings (SSSR count). The van der Waals surface area contributed by atoms with Crippen molar-refractivity contribution in [2.75, 3.05) is 29.5 Å². The summed E-state index contributed by atoms with van der Waals surface area (Å²) in [4.78, 5) is 26.8. The van der Waals surface area contributed by atoms with Gasteiger partial charge in [-0.05, 0) is 60.7 Å². The van der Waals surface area contributed by atoms with Crippen LogP contribution in [0.2, 0.25) is 0 Å². The van der Waals surface area contributed by atoms with Crippen LogP contribution in [0.4, 0.5) is 17.1 Å². The van der Waals surface area contributed by atoms with Crippen molar-refractivity contribution in [3.8, 4) is 0 Å². The molecule has 6 nitrogen and oxygen atoms in total. The minimum atomic E-state index is -0.131. The highest BCUT2D eigenvalue weighted by Gasteiger charge is 2.23. The Morgan fingerprint density at radius 3 is 2.76 bits per heavy atom. The number of fused-ring (bicyclic) bond motifs is 2. The molecule has 2 aliphatic rings. The molecule has 29 heavy (non-hydrogen) atoms. The molecular weight excluding hydrogens is 411 g/mol. The Labute approximate surface area is 183 Å². The first-order valence-corrected chi connectivity index (χ1v) is 9.35. The van der Waals surface area contributed by atoms with Crippen molar-refractivity contribution in [3.05, 3.63) is 53.1 Å². The van der Waals surface area contributed by atoms with Crippen LogP contribution in [0.25, 0.3) is 0 Å². The van der Waals surface area contributed by atoms with Crippen LogP contribution in [0.15, 0.2) is 36.4 Å². The van der Waals surface area contributed by atoms with Gasteiger partial charge in [0.2, 0.25) is 5.91 Å². The summed E-state index contributed by atoms with van der Waals surface area (Å²) in [6, 6.07) is 11.4. The third-order valence-electron chi connectivity index (χ3n) is 5.41. The maximum atomic E-state index is 12.9. The highest BCUT2D eigenvalue weighted by atomic mass is 35.5. The number of rotatable bonds is 2. The first kappa shape index (κ1) is 22.8. The van der Waals surface area contributed by atoms with Crippen molar-refractivity contribution in [3.63, 3.8) is 0 Å². The van der Waals surface area contributed by atoms with Crippen molar-refractivity contribution in [1.29, 1.82) is 0 Å². The lowest BCUT2D eigenvalue weighted by Crippen LogP contribution is -2.31. The van der Waals surface area contributed by atoms with Gasteiger partial charge in [0.1, 0.15) is 0 Å². The molecule has 2 amide bonds. The minimum absolute atomic E-state index is 0. The smallest absolute Gasteiger partial charge is 0.251 e. The Morgan fingerprint density at radius 1 is 1.17 bits per heavy atom. The predicted octanol–water partition coefficient (Wildman–Crippen LogP) is 3.70. The van der Waals surface area contributed by atoms with Gasteiger partial charge < -0.3 is 21.3 Å². The molecule has 1 unspecified atom stereocenters. The van der Waals surface area contributed by atoms with Gasteiger partial charge in [-0.2, -0.15) is 0 Å². The summed E-state index contributed by atoms with van der Waals surface area (Å²) in [5, 5.41) is 6.05. The molecule has 1 aliphatic heterocycles. The standard InChI is InChI=1S/C21H24N4O2.2ClH/c1-25-10-9-20(26)23-18-12-14(5-8-19(18)25)21(27)24-17-4-2-3-13-11-15(22)6-7-16(13)17;;/h5-8,11-12,17H,2-4,9-10,22H2,1H3,(H,23,26)(H,24,27);2*1H. The van der Waals surface area contributed by atoms with E-state index >= 15 is 0 Å². The van der Waals surface area contributed by atoms with E-state index in [9.17, 15) is 9.59 Å². The minimum Gasteiger partial charge on any atom is -0.399 e. The molecule has 2 aromatic carbocycles. The molecule has 1 aliphatic carbocycles. The molecule has 1 heterocycles. The number of amides is 2. The zero-order valence-electron chi connectivity index (χ0n) is 16.2. The molecule has 0 saturated heterocycles. The third-order valence-corrected chi connectivity index (χ3v) is 5.41. The number of anilines is 3. The maximum absolute atomic E-state index is 12.9. The van der Waals surface area contributed by atoms with Gasteiger partial charge in [-0.1, -0.05) is 6.07 Å². The molecule has 2 aromatic rings. The molecule has 1 atom stereocenters. The Morgan fingerprint density at radius 2 is 1.97 bits per heavy atom. The topological polar surface area (TPSA) is 87.5 Å². The van der Waals surface area contributed by atoms with Crippen molar-refractivity contribution in [2.45, 2.75) is 31.7 Å². The summed E-state index contributed by atoms with van der Waals surface area (Å²) in [5.74, 6) is -0.162. The van der Waals surface area contributed by atoms with Crippen LogP contribution in [-0.4, -0.2) is 25.4 Å². The van der Waals surface area contributed by atoms with Gasteiger partial charge in [0.15, 0.2) is 0 Å². The lowest BCUT2D eigenvalue weighted by molar-refractivity contribution is -0.115. The number of carbonyl (C=O) groups is 2. The van der Waals surface area contributed by atoms with E-state index in [0.29, 0.717) is 24.2 Å². The van der Waals surface area contributed by atoms with E-state index in [1.54, 1.807) is 6.07 Å². The first-order chi connectivity index (χ1) is 13.0. The fourth-order valence-electron chi connectivity index (χ4n) is 3.94. The first-order valence-electron chi connectivity index (χ1n) is 9.35. The zero-order valence-corrected chi connectivity index (χ0v) is 17.9. The Hall–Kier alpha value is -2.44. The molecule has 0 radical (unpaired) electrons. The van der Waals surface area contributed by atoms with Crippen LogP contribution in [0, 0.1) is 0 Å². The monoisotopic (exact) mass is 436 g/mol. The Bertz CT molecular complexity index is 920. The van der Waals surface area contributed by atoms with E-state index < -0.39 is 0 Å². The molecule has 0 saturated carbocycles. The van der Waals surface area contributed by atoms with E-state index in [4.69, 9.17) is 5.73 Å². The average molecular weight is 437 g/mol. The summed E-state index contributed by atoms with van der Waals surface area (Å²) in [6.07, 6.45) is 3.36. The lowest BCUT2D eigenvalue weighted by atomic mass is 9.87. The van der Waals surface area contributed by atoms with E-state index in [-0.39, 0.29) is 42.7 Å². The van der Waals surface area contributed by atoms with Crippen LogP contribution in [-0.2, 0) is 11.2 Å². The Kier molecular flexibility index (Phi) is 7.38. The Balaban J connectivity index is 0.00000150. The second kappa shape index (κ2) is 9.37. The molecular formula is C21H26Cl2N4O2. The van der Waals surface area contributed by atoms with Crippen LogP contribution in [0.5, 0.6) is 0 Å². The highest BCUT2D eigenvalue weighted by Crippen LogP contribution is 2.32. The molecule has 0 fully saturated rings. The van der Waals surface area contributed by atoms with Crippen molar-refractivity contribution < 1.29 is 9.59 Å². The van der Waals surface area contributed by atoms with Crippen LogP contribution >= 0.6 is 24.8 Å². The van der Waals surface area contributed by atoms with Gasteiger partial charge >= 0.3 is 0 Å². The molecule has 156 valence electrons. The van der Waals surface area contributed by atoms with E-state index in [1.165, 1.54) is 5.56 Å². The number of nitrogens with two attached hydrogens (primary N) is 1. The normalized spacial score (nSPS) is 17.5. The summed E-state index contributed by atoms with van der Waals surface area (Å²) in [6.45, 7) is 0.659. The number of hydrogen-bond donors (Lipinski definition) is 3. The number of nitrogens with zero attached hydrogens (tertiary/aromatic N) is 1. The fourth-order valence-corrected chi connectivity index (χ4v) is 3.94. The summed E-state index contributed by atoms with van der Waals surface area (Å²) < 4.78 is 0. The second-order valence-electron chi connectivity index (χ2n) is 7.33. The SMILES string of the molecule is CN1CCC(=O)Nc2cc(C(=O)NC3CCCc4cc(N)ccc43)ccc21.Cl.Cl. The second-order valence-corrected chi connectivity index (χ2v) is 7.33. The number of nitrogens with one attached hydrogen (secondary N) is 2. The quantitative estimate of drug-likeness (QED) is 0.626.